The summed E-state index contributed by atoms with van der Waals surface area (Å²) in [5.74, 6) is 1.64. The van der Waals surface area contributed by atoms with Crippen molar-refractivity contribution in [2.75, 3.05) is 26.3 Å². The van der Waals surface area contributed by atoms with Crippen LogP contribution < -0.4 is 9.47 Å². The van der Waals surface area contributed by atoms with Crippen LogP contribution in [0.4, 0.5) is 0 Å². The molecule has 0 aliphatic carbocycles. The second-order valence-electron chi connectivity index (χ2n) is 8.23. The maximum Gasteiger partial charge on any atom is 0.119 e. The maximum absolute atomic E-state index is 10.6. The number of hydrogen-bond acceptors (Lipinski definition) is 6. The summed E-state index contributed by atoms with van der Waals surface area (Å²) in [4.78, 5) is 2.05. The molecule has 3 unspecified atom stereocenters. The lowest BCUT2D eigenvalue weighted by molar-refractivity contribution is 0.0167. The Morgan fingerprint density at radius 1 is 0.697 bits per heavy atom. The van der Waals surface area contributed by atoms with Gasteiger partial charge in [0.05, 0.1) is 0 Å². The number of aromatic hydroxyl groups is 1. The van der Waals surface area contributed by atoms with E-state index in [9.17, 15) is 15.3 Å². The fourth-order valence-electron chi connectivity index (χ4n) is 3.60. The highest BCUT2D eigenvalue weighted by Gasteiger charge is 2.22. The molecule has 0 aliphatic rings. The highest BCUT2D eigenvalue weighted by Crippen LogP contribution is 2.16. The Bertz CT molecular complexity index is 869. The molecular formula is C27H33NO5. The molecular weight excluding hydrogens is 418 g/mol. The predicted octanol–water partition coefficient (Wildman–Crippen LogP) is 3.51. The molecule has 3 aromatic carbocycles. The second-order valence-corrected chi connectivity index (χ2v) is 8.23. The summed E-state index contributed by atoms with van der Waals surface area (Å²) in [7, 11) is 0. The van der Waals surface area contributed by atoms with Crippen molar-refractivity contribution >= 4 is 0 Å². The summed E-state index contributed by atoms with van der Waals surface area (Å²) in [6.45, 7) is 3.05. The number of para-hydroxylation sites is 2. The number of nitrogens with zero attached hydrogens (tertiary/aromatic N) is 1. The summed E-state index contributed by atoms with van der Waals surface area (Å²) in [6, 6.07) is 25.9. The highest BCUT2D eigenvalue weighted by atomic mass is 16.5. The van der Waals surface area contributed by atoms with E-state index in [0.29, 0.717) is 31.0 Å². The Balaban J connectivity index is 1.58. The van der Waals surface area contributed by atoms with Crippen LogP contribution >= 0.6 is 0 Å². The minimum absolute atomic E-state index is 0.0345. The number of aliphatic hydroxyl groups is 2. The Morgan fingerprint density at radius 3 is 1.61 bits per heavy atom. The minimum Gasteiger partial charge on any atom is -0.508 e. The molecule has 0 aromatic heterocycles. The SMILES string of the molecule is CC(Cc1ccc(O)cc1)N(CC(O)COc1ccccc1)CC(O)COc1ccccc1. The number of phenols is 1. The van der Waals surface area contributed by atoms with Gasteiger partial charge in [0.2, 0.25) is 0 Å². The van der Waals surface area contributed by atoms with Crippen LogP contribution in [0, 0.1) is 0 Å². The van der Waals surface area contributed by atoms with Gasteiger partial charge < -0.3 is 24.8 Å². The molecule has 0 saturated carbocycles. The third-order valence-corrected chi connectivity index (χ3v) is 5.35. The van der Waals surface area contributed by atoms with Crippen molar-refractivity contribution < 1.29 is 24.8 Å². The monoisotopic (exact) mass is 451 g/mol. The summed E-state index contributed by atoms with van der Waals surface area (Å²) in [6.07, 6.45) is -0.747. The summed E-state index contributed by atoms with van der Waals surface area (Å²) in [5, 5.41) is 30.8. The molecule has 0 radical (unpaired) electrons. The van der Waals surface area contributed by atoms with Crippen LogP contribution in [0.2, 0.25) is 0 Å². The van der Waals surface area contributed by atoms with Crippen molar-refractivity contribution in [2.24, 2.45) is 0 Å². The van der Waals surface area contributed by atoms with E-state index >= 15 is 0 Å². The topological polar surface area (TPSA) is 82.4 Å². The zero-order valence-electron chi connectivity index (χ0n) is 19.0. The van der Waals surface area contributed by atoms with Crippen LogP contribution in [0.5, 0.6) is 17.2 Å². The van der Waals surface area contributed by atoms with Crippen LogP contribution in [-0.2, 0) is 6.42 Å². The molecule has 3 atom stereocenters. The predicted molar refractivity (Wildman–Crippen MR) is 129 cm³/mol. The average molecular weight is 452 g/mol. The Labute approximate surface area is 195 Å². The molecule has 6 nitrogen and oxygen atoms in total. The number of phenolic OH excluding ortho intramolecular Hbond substituents is 1. The summed E-state index contributed by atoms with van der Waals surface area (Å²) < 4.78 is 11.4. The fourth-order valence-corrected chi connectivity index (χ4v) is 3.60. The first-order valence-electron chi connectivity index (χ1n) is 11.2. The standard InChI is InChI=1S/C27H33NO5/c1-21(16-22-12-14-23(29)15-13-22)28(17-24(30)19-32-26-8-4-2-5-9-26)18-25(31)20-33-27-10-6-3-7-11-27/h2-15,21,24-25,29-31H,16-20H2,1H3. The fraction of sp³-hybridized carbons (Fsp3) is 0.333. The molecule has 3 rings (SSSR count). The summed E-state index contributed by atoms with van der Waals surface area (Å²) in [5.41, 5.74) is 1.07. The lowest BCUT2D eigenvalue weighted by Gasteiger charge is -2.32. The van der Waals surface area contributed by atoms with Crippen LogP contribution in [0.1, 0.15) is 12.5 Å². The number of hydrogen-bond donors (Lipinski definition) is 3. The van der Waals surface area contributed by atoms with Crippen LogP contribution in [-0.4, -0.2) is 64.8 Å². The van der Waals surface area contributed by atoms with Gasteiger partial charge in [-0.1, -0.05) is 48.5 Å². The van der Waals surface area contributed by atoms with Crippen LogP contribution in [0.25, 0.3) is 0 Å². The number of aliphatic hydroxyl groups excluding tert-OH is 2. The zero-order chi connectivity index (χ0) is 23.5. The molecule has 0 spiro atoms. The van der Waals surface area contributed by atoms with Gasteiger partial charge in [-0.3, -0.25) is 4.90 Å². The van der Waals surface area contributed by atoms with Gasteiger partial charge >= 0.3 is 0 Å². The molecule has 176 valence electrons. The molecule has 6 heteroatoms. The van der Waals surface area contributed by atoms with Gasteiger partial charge in [0.15, 0.2) is 0 Å². The quantitative estimate of drug-likeness (QED) is 0.369. The largest absolute Gasteiger partial charge is 0.508 e. The lowest BCUT2D eigenvalue weighted by atomic mass is 10.0. The number of rotatable bonds is 13. The van der Waals surface area contributed by atoms with E-state index in [1.54, 1.807) is 12.1 Å². The molecule has 0 saturated heterocycles. The van der Waals surface area contributed by atoms with Gasteiger partial charge in [-0.15, -0.1) is 0 Å². The van der Waals surface area contributed by atoms with Crippen molar-refractivity contribution in [1.82, 2.24) is 4.90 Å². The van der Waals surface area contributed by atoms with Crippen LogP contribution in [0.15, 0.2) is 84.9 Å². The lowest BCUT2D eigenvalue weighted by Crippen LogP contribution is -2.46. The Hall–Kier alpha value is -3.06. The van der Waals surface area contributed by atoms with Gasteiger partial charge in [-0.05, 0) is 55.3 Å². The molecule has 33 heavy (non-hydrogen) atoms. The van der Waals surface area contributed by atoms with Gasteiger partial charge in [0, 0.05) is 19.1 Å². The average Bonchev–Trinajstić information content (AvgIpc) is 2.84. The van der Waals surface area contributed by atoms with E-state index < -0.39 is 12.2 Å². The Kier molecular flexibility index (Phi) is 9.57. The Morgan fingerprint density at radius 2 is 1.15 bits per heavy atom. The van der Waals surface area contributed by atoms with Crippen LogP contribution in [0.3, 0.4) is 0 Å². The first kappa shape index (κ1) is 24.6. The van der Waals surface area contributed by atoms with E-state index in [0.717, 1.165) is 5.56 Å². The minimum atomic E-state index is -0.727. The molecule has 3 N–H and O–H groups in total. The summed E-state index contributed by atoms with van der Waals surface area (Å²) >= 11 is 0. The van der Waals surface area contributed by atoms with Gasteiger partial charge in [0.1, 0.15) is 42.7 Å². The highest BCUT2D eigenvalue weighted by molar-refractivity contribution is 5.26. The molecule has 0 amide bonds. The van der Waals surface area contributed by atoms with E-state index in [2.05, 4.69) is 6.92 Å². The van der Waals surface area contributed by atoms with E-state index in [4.69, 9.17) is 9.47 Å². The first-order chi connectivity index (χ1) is 16.0. The van der Waals surface area contributed by atoms with Gasteiger partial charge in [-0.25, -0.2) is 0 Å². The molecule has 0 fully saturated rings. The van der Waals surface area contributed by atoms with E-state index in [1.165, 1.54) is 0 Å². The van der Waals surface area contributed by atoms with Crippen molar-refractivity contribution in [2.45, 2.75) is 31.6 Å². The van der Waals surface area contributed by atoms with Crippen molar-refractivity contribution in [3.63, 3.8) is 0 Å². The normalized spacial score (nSPS) is 13.9. The molecule has 3 aromatic rings. The van der Waals surface area contributed by atoms with E-state index in [-0.39, 0.29) is 25.0 Å². The van der Waals surface area contributed by atoms with Gasteiger partial charge in [0.25, 0.3) is 0 Å². The third-order valence-electron chi connectivity index (χ3n) is 5.35. The van der Waals surface area contributed by atoms with Gasteiger partial charge in [-0.2, -0.15) is 0 Å². The maximum atomic E-state index is 10.6. The molecule has 0 heterocycles. The first-order valence-corrected chi connectivity index (χ1v) is 11.2. The number of benzene rings is 3. The zero-order valence-corrected chi connectivity index (χ0v) is 19.0. The van der Waals surface area contributed by atoms with Crippen molar-refractivity contribution in [1.29, 1.82) is 0 Å². The smallest absolute Gasteiger partial charge is 0.119 e. The van der Waals surface area contributed by atoms with E-state index in [1.807, 2.05) is 77.7 Å². The van der Waals surface area contributed by atoms with Crippen molar-refractivity contribution in [3.05, 3.63) is 90.5 Å². The van der Waals surface area contributed by atoms with Crippen molar-refractivity contribution in [3.8, 4) is 17.2 Å². The molecule has 0 aliphatic heterocycles. The number of ether oxygens (including phenoxy) is 2. The third kappa shape index (κ3) is 8.77. The second kappa shape index (κ2) is 12.8. The molecule has 0 bridgehead atoms.